The molecule has 33 heavy (non-hydrogen) atoms. The molecule has 0 unspecified atom stereocenters. The molecule has 0 fully saturated rings. The highest BCUT2D eigenvalue weighted by Crippen LogP contribution is 2.30. The minimum Gasteiger partial charge on any atom is -0.289 e. The van der Waals surface area contributed by atoms with Crippen molar-refractivity contribution >= 4 is 0 Å². The maximum absolute atomic E-state index is 15.1. The van der Waals surface area contributed by atoms with Crippen molar-refractivity contribution in [3.8, 4) is 22.5 Å². The first-order valence-electron chi connectivity index (χ1n) is 11.3. The summed E-state index contributed by atoms with van der Waals surface area (Å²) in [5.41, 5.74) is 3.98. The predicted molar refractivity (Wildman–Crippen MR) is 126 cm³/mol. The lowest BCUT2D eigenvalue weighted by Crippen LogP contribution is -2.27. The maximum Gasteiger partial charge on any atom is 0.331 e. The smallest absolute Gasteiger partial charge is 0.289 e. The number of hydrogen-bond acceptors (Lipinski definition) is 4. The van der Waals surface area contributed by atoms with E-state index in [4.69, 9.17) is 0 Å². The van der Waals surface area contributed by atoms with Gasteiger partial charge in [-0.15, -0.1) is 10.2 Å². The summed E-state index contributed by atoms with van der Waals surface area (Å²) in [4.78, 5) is 13.0. The third-order valence-corrected chi connectivity index (χ3v) is 5.81. The van der Waals surface area contributed by atoms with Crippen molar-refractivity contribution < 1.29 is 4.39 Å². The standard InChI is InChI=1S/C25H29FN6O/c1-16(2)9-14-22-23(26)32(17(3)4)25(33)31(22)15-18-10-12-19(13-11-18)20-7-5-6-8-21(20)24-27-29-30-28-24/h5-8,10-13,16-17H,9,14-15H2,1-4H3,(H,27,28,29,30). The van der Waals surface area contributed by atoms with E-state index in [1.165, 1.54) is 4.57 Å². The number of hydrogen-bond donors (Lipinski definition) is 1. The number of tetrazole rings is 1. The van der Waals surface area contributed by atoms with Gasteiger partial charge in [-0.05, 0) is 54.5 Å². The molecule has 8 heteroatoms. The van der Waals surface area contributed by atoms with Crippen LogP contribution in [0.3, 0.4) is 0 Å². The molecule has 0 spiro atoms. The molecule has 1 N–H and O–H groups in total. The van der Waals surface area contributed by atoms with Gasteiger partial charge in [0.05, 0.1) is 12.2 Å². The normalized spacial score (nSPS) is 11.6. The number of benzene rings is 2. The lowest BCUT2D eigenvalue weighted by atomic mass is 9.98. The van der Waals surface area contributed by atoms with E-state index >= 15 is 4.39 Å². The SMILES string of the molecule is CC(C)CCc1c(F)n(C(C)C)c(=O)n1Cc1ccc(-c2ccccc2-c2nn[nH]n2)cc1. The highest BCUT2D eigenvalue weighted by Gasteiger charge is 2.22. The zero-order valence-corrected chi connectivity index (χ0v) is 19.4. The van der Waals surface area contributed by atoms with Crippen LogP contribution in [0, 0.1) is 11.9 Å². The lowest BCUT2D eigenvalue weighted by molar-refractivity contribution is 0.438. The van der Waals surface area contributed by atoms with Crippen LogP contribution in [0.1, 0.15) is 51.4 Å². The van der Waals surface area contributed by atoms with E-state index in [0.717, 1.165) is 28.7 Å². The summed E-state index contributed by atoms with van der Waals surface area (Å²) in [6, 6.07) is 15.6. The highest BCUT2D eigenvalue weighted by molar-refractivity contribution is 5.80. The van der Waals surface area contributed by atoms with E-state index in [-0.39, 0.29) is 11.7 Å². The summed E-state index contributed by atoms with van der Waals surface area (Å²) in [7, 11) is 0. The fourth-order valence-electron chi connectivity index (χ4n) is 4.03. The topological polar surface area (TPSA) is 81.4 Å². The summed E-state index contributed by atoms with van der Waals surface area (Å²) >= 11 is 0. The number of imidazole rings is 1. The van der Waals surface area contributed by atoms with Crippen molar-refractivity contribution in [3.63, 3.8) is 0 Å². The first kappa shape index (κ1) is 22.6. The Labute approximate surface area is 192 Å². The van der Waals surface area contributed by atoms with E-state index in [9.17, 15) is 4.79 Å². The molecule has 2 aromatic carbocycles. The number of aromatic amines is 1. The van der Waals surface area contributed by atoms with Gasteiger partial charge in [-0.2, -0.15) is 9.60 Å². The molecule has 7 nitrogen and oxygen atoms in total. The Balaban J connectivity index is 1.66. The van der Waals surface area contributed by atoms with Gasteiger partial charge in [0.2, 0.25) is 11.8 Å². The van der Waals surface area contributed by atoms with E-state index in [0.29, 0.717) is 30.4 Å². The quantitative estimate of drug-likeness (QED) is 0.418. The molecule has 0 aliphatic heterocycles. The van der Waals surface area contributed by atoms with E-state index in [1.807, 2.05) is 62.4 Å². The molecule has 4 rings (SSSR count). The minimum absolute atomic E-state index is 0.236. The van der Waals surface area contributed by atoms with Gasteiger partial charge in [-0.25, -0.2) is 4.79 Å². The molecule has 0 saturated heterocycles. The second kappa shape index (κ2) is 9.52. The van der Waals surface area contributed by atoms with Crippen LogP contribution in [-0.4, -0.2) is 29.8 Å². The monoisotopic (exact) mass is 448 g/mol. The summed E-state index contributed by atoms with van der Waals surface area (Å²) in [6.07, 6.45) is 1.36. The van der Waals surface area contributed by atoms with Gasteiger partial charge in [0.25, 0.3) is 0 Å². The average Bonchev–Trinajstić information content (AvgIpc) is 3.40. The maximum atomic E-state index is 15.1. The van der Waals surface area contributed by atoms with Crippen molar-refractivity contribution in [2.45, 2.75) is 53.1 Å². The molecule has 0 amide bonds. The van der Waals surface area contributed by atoms with Crippen LogP contribution in [0.4, 0.5) is 4.39 Å². The summed E-state index contributed by atoms with van der Waals surface area (Å²) in [6.45, 7) is 8.19. The van der Waals surface area contributed by atoms with Crippen LogP contribution in [0.25, 0.3) is 22.5 Å². The second-order valence-corrected chi connectivity index (χ2v) is 8.98. The van der Waals surface area contributed by atoms with Gasteiger partial charge in [-0.1, -0.05) is 62.4 Å². The van der Waals surface area contributed by atoms with Crippen molar-refractivity contribution in [3.05, 3.63) is 76.2 Å². The number of rotatable bonds is 8. The summed E-state index contributed by atoms with van der Waals surface area (Å²) < 4.78 is 18.0. The van der Waals surface area contributed by atoms with Gasteiger partial charge in [0.15, 0.2) is 0 Å². The molecular formula is C25H29FN6O. The van der Waals surface area contributed by atoms with Crippen LogP contribution in [0.2, 0.25) is 0 Å². The number of halogens is 1. The molecule has 2 aromatic heterocycles. The van der Waals surface area contributed by atoms with E-state index in [1.54, 1.807) is 4.57 Å². The second-order valence-electron chi connectivity index (χ2n) is 8.98. The number of aromatic nitrogens is 6. The van der Waals surface area contributed by atoms with Crippen LogP contribution < -0.4 is 5.69 Å². The molecule has 0 saturated carbocycles. The predicted octanol–water partition coefficient (Wildman–Crippen LogP) is 4.85. The van der Waals surface area contributed by atoms with Gasteiger partial charge in [-0.3, -0.25) is 9.13 Å². The van der Waals surface area contributed by atoms with E-state index in [2.05, 4.69) is 34.5 Å². The number of H-pyrrole nitrogens is 1. The van der Waals surface area contributed by atoms with Crippen molar-refractivity contribution in [1.29, 1.82) is 0 Å². The Morgan fingerprint density at radius 3 is 2.30 bits per heavy atom. The fraction of sp³-hybridized carbons (Fsp3) is 0.360. The summed E-state index contributed by atoms with van der Waals surface area (Å²) in [5, 5.41) is 14.3. The first-order valence-corrected chi connectivity index (χ1v) is 11.3. The largest absolute Gasteiger partial charge is 0.331 e. The lowest BCUT2D eigenvalue weighted by Gasteiger charge is -2.11. The molecule has 0 aliphatic carbocycles. The van der Waals surface area contributed by atoms with Gasteiger partial charge in [0.1, 0.15) is 0 Å². The molecule has 0 radical (unpaired) electrons. The van der Waals surface area contributed by atoms with Crippen molar-refractivity contribution in [2.24, 2.45) is 5.92 Å². The average molecular weight is 449 g/mol. The van der Waals surface area contributed by atoms with Gasteiger partial charge in [0, 0.05) is 11.6 Å². The molecule has 0 bridgehead atoms. The zero-order chi connectivity index (χ0) is 23.5. The Bertz CT molecular complexity index is 1270. The minimum atomic E-state index is -0.415. The molecule has 4 aromatic rings. The van der Waals surface area contributed by atoms with Crippen LogP contribution in [0.15, 0.2) is 53.3 Å². The Hall–Kier alpha value is -3.55. The summed E-state index contributed by atoms with van der Waals surface area (Å²) in [5.74, 6) is 0.539. The fourth-order valence-corrected chi connectivity index (χ4v) is 4.03. The van der Waals surface area contributed by atoms with Crippen LogP contribution >= 0.6 is 0 Å². The molecule has 0 aliphatic rings. The van der Waals surface area contributed by atoms with Gasteiger partial charge < -0.3 is 0 Å². The Morgan fingerprint density at radius 1 is 1.00 bits per heavy atom. The number of nitrogens with one attached hydrogen (secondary N) is 1. The van der Waals surface area contributed by atoms with Gasteiger partial charge >= 0.3 is 5.69 Å². The molecule has 172 valence electrons. The van der Waals surface area contributed by atoms with Crippen molar-refractivity contribution in [1.82, 2.24) is 29.8 Å². The van der Waals surface area contributed by atoms with Crippen molar-refractivity contribution in [2.75, 3.05) is 0 Å². The van der Waals surface area contributed by atoms with E-state index < -0.39 is 5.95 Å². The molecule has 0 atom stereocenters. The van der Waals surface area contributed by atoms with Crippen LogP contribution in [-0.2, 0) is 13.0 Å². The number of nitrogens with zero attached hydrogens (tertiary/aromatic N) is 5. The Morgan fingerprint density at radius 2 is 1.70 bits per heavy atom. The third kappa shape index (κ3) is 4.65. The Kier molecular flexibility index (Phi) is 6.53. The zero-order valence-electron chi connectivity index (χ0n) is 19.4. The first-order chi connectivity index (χ1) is 15.9. The third-order valence-electron chi connectivity index (χ3n) is 5.81. The molecule has 2 heterocycles. The van der Waals surface area contributed by atoms with Crippen LogP contribution in [0.5, 0.6) is 0 Å². The molecular weight excluding hydrogens is 419 g/mol. The highest BCUT2D eigenvalue weighted by atomic mass is 19.1.